The predicted octanol–water partition coefficient (Wildman–Crippen LogP) is 2.75. The molecule has 0 spiro atoms. The topological polar surface area (TPSA) is 61.6 Å². The second-order valence-electron chi connectivity index (χ2n) is 3.03. The van der Waals surface area contributed by atoms with Gasteiger partial charge in [0, 0.05) is 0 Å². The lowest BCUT2D eigenvalue weighted by Gasteiger charge is -2.07. The predicted molar refractivity (Wildman–Crippen MR) is 61.5 cm³/mol. The van der Waals surface area contributed by atoms with E-state index in [0.717, 1.165) is 0 Å². The van der Waals surface area contributed by atoms with Crippen molar-refractivity contribution in [2.75, 3.05) is 5.32 Å². The molecule has 78 valence electrons. The summed E-state index contributed by atoms with van der Waals surface area (Å²) >= 11 is 5.90. The zero-order valence-electron chi connectivity index (χ0n) is 8.18. The lowest BCUT2D eigenvalue weighted by molar-refractivity contribution is 1.17. The van der Waals surface area contributed by atoms with Gasteiger partial charge >= 0.3 is 0 Å². The Balaban J connectivity index is 2.36. The summed E-state index contributed by atoms with van der Waals surface area (Å²) in [7, 11) is 0. The van der Waals surface area contributed by atoms with Crippen LogP contribution in [0.25, 0.3) is 0 Å². The van der Waals surface area contributed by atoms with Gasteiger partial charge < -0.3 is 5.32 Å². The van der Waals surface area contributed by atoms with Crippen molar-refractivity contribution in [3.05, 3.63) is 47.5 Å². The van der Waals surface area contributed by atoms with Crippen LogP contribution in [0.4, 0.5) is 11.4 Å². The largest absolute Gasteiger partial charge is 0.352 e. The van der Waals surface area contributed by atoms with Gasteiger partial charge in [-0.1, -0.05) is 17.7 Å². The maximum Gasteiger partial charge on any atom is 0.115 e. The first-order valence-corrected chi connectivity index (χ1v) is 4.89. The highest BCUT2D eigenvalue weighted by atomic mass is 35.5. The van der Waals surface area contributed by atoms with Crippen LogP contribution >= 0.6 is 11.6 Å². The van der Waals surface area contributed by atoms with Crippen LogP contribution in [0.5, 0.6) is 0 Å². The van der Waals surface area contributed by atoms with E-state index in [-0.39, 0.29) is 0 Å². The SMILES string of the molecule is N#Cc1c(Cl)cccc1Nc1cncnc1. The van der Waals surface area contributed by atoms with Crippen LogP contribution in [0.15, 0.2) is 36.9 Å². The van der Waals surface area contributed by atoms with E-state index in [1.165, 1.54) is 6.33 Å². The van der Waals surface area contributed by atoms with Crippen LogP contribution in [-0.2, 0) is 0 Å². The van der Waals surface area contributed by atoms with Gasteiger partial charge in [0.05, 0.1) is 34.4 Å². The average molecular weight is 231 g/mol. The summed E-state index contributed by atoms with van der Waals surface area (Å²) in [5, 5.41) is 12.4. The zero-order chi connectivity index (χ0) is 11.4. The van der Waals surface area contributed by atoms with E-state index in [1.54, 1.807) is 30.6 Å². The Morgan fingerprint density at radius 1 is 1.25 bits per heavy atom. The number of anilines is 2. The Hall–Kier alpha value is -2.12. The number of rotatable bonds is 2. The molecule has 0 bridgehead atoms. The fourth-order valence-electron chi connectivity index (χ4n) is 1.26. The van der Waals surface area contributed by atoms with E-state index in [4.69, 9.17) is 16.9 Å². The zero-order valence-corrected chi connectivity index (χ0v) is 8.94. The van der Waals surface area contributed by atoms with Crippen molar-refractivity contribution >= 4 is 23.0 Å². The summed E-state index contributed by atoms with van der Waals surface area (Å²) in [6, 6.07) is 7.27. The standard InChI is InChI=1S/C11H7ClN4/c12-10-2-1-3-11(9(10)4-13)16-8-5-14-7-15-6-8/h1-3,5-7,16H. The third kappa shape index (κ3) is 2.10. The summed E-state index contributed by atoms with van der Waals surface area (Å²) in [4.78, 5) is 7.74. The average Bonchev–Trinajstić information content (AvgIpc) is 2.31. The van der Waals surface area contributed by atoms with Crippen molar-refractivity contribution in [1.29, 1.82) is 5.26 Å². The normalized spacial score (nSPS) is 9.50. The molecule has 1 aromatic heterocycles. The first-order valence-electron chi connectivity index (χ1n) is 4.52. The van der Waals surface area contributed by atoms with E-state index in [1.807, 2.05) is 6.07 Å². The Morgan fingerprint density at radius 2 is 2.00 bits per heavy atom. The molecule has 1 heterocycles. The molecule has 0 aliphatic heterocycles. The maximum atomic E-state index is 8.97. The van der Waals surface area contributed by atoms with E-state index < -0.39 is 0 Å². The molecule has 0 fully saturated rings. The van der Waals surface area contributed by atoms with Crippen molar-refractivity contribution in [2.45, 2.75) is 0 Å². The van der Waals surface area contributed by atoms with Crippen molar-refractivity contribution in [3.8, 4) is 6.07 Å². The minimum absolute atomic E-state index is 0.410. The molecular formula is C11H7ClN4. The molecule has 5 heteroatoms. The molecule has 16 heavy (non-hydrogen) atoms. The molecule has 1 aromatic carbocycles. The van der Waals surface area contributed by atoms with E-state index in [9.17, 15) is 0 Å². The van der Waals surface area contributed by atoms with Crippen LogP contribution in [0.1, 0.15) is 5.56 Å². The summed E-state index contributed by atoms with van der Waals surface area (Å²) < 4.78 is 0. The number of halogens is 1. The van der Waals surface area contributed by atoms with Crippen molar-refractivity contribution in [3.63, 3.8) is 0 Å². The van der Waals surface area contributed by atoms with Gasteiger partial charge in [0.15, 0.2) is 0 Å². The lowest BCUT2D eigenvalue weighted by atomic mass is 10.2. The van der Waals surface area contributed by atoms with E-state index >= 15 is 0 Å². The summed E-state index contributed by atoms with van der Waals surface area (Å²) in [5.74, 6) is 0. The minimum Gasteiger partial charge on any atom is -0.352 e. The summed E-state index contributed by atoms with van der Waals surface area (Å²) in [6.45, 7) is 0. The molecule has 2 aromatic rings. The van der Waals surface area contributed by atoms with Gasteiger partial charge in [-0.3, -0.25) is 0 Å². The van der Waals surface area contributed by atoms with Crippen molar-refractivity contribution < 1.29 is 0 Å². The molecule has 0 saturated carbocycles. The van der Waals surface area contributed by atoms with E-state index in [0.29, 0.717) is 22.0 Å². The quantitative estimate of drug-likeness (QED) is 0.862. The minimum atomic E-state index is 0.410. The number of hydrogen-bond acceptors (Lipinski definition) is 4. The van der Waals surface area contributed by atoms with Gasteiger partial charge in [-0.2, -0.15) is 5.26 Å². The van der Waals surface area contributed by atoms with Gasteiger partial charge in [0.1, 0.15) is 12.4 Å². The highest BCUT2D eigenvalue weighted by molar-refractivity contribution is 6.32. The number of aromatic nitrogens is 2. The molecule has 0 unspecified atom stereocenters. The molecule has 0 amide bonds. The lowest BCUT2D eigenvalue weighted by Crippen LogP contribution is -1.95. The molecule has 0 radical (unpaired) electrons. The highest BCUT2D eigenvalue weighted by Crippen LogP contribution is 2.25. The Labute approximate surface area is 97.5 Å². The number of hydrogen-bond donors (Lipinski definition) is 1. The monoisotopic (exact) mass is 230 g/mol. The van der Waals surface area contributed by atoms with Crippen LogP contribution in [0.3, 0.4) is 0 Å². The second kappa shape index (κ2) is 4.60. The summed E-state index contributed by atoms with van der Waals surface area (Å²) in [6.07, 6.45) is 4.68. The molecule has 2 rings (SSSR count). The van der Waals surface area contributed by atoms with Crippen LogP contribution in [-0.4, -0.2) is 9.97 Å². The second-order valence-corrected chi connectivity index (χ2v) is 3.43. The van der Waals surface area contributed by atoms with E-state index in [2.05, 4.69) is 15.3 Å². The third-order valence-corrected chi connectivity index (χ3v) is 2.28. The first kappa shape index (κ1) is 10.4. The van der Waals surface area contributed by atoms with Gasteiger partial charge in [0.25, 0.3) is 0 Å². The van der Waals surface area contributed by atoms with Crippen LogP contribution in [0.2, 0.25) is 5.02 Å². The molecule has 0 saturated heterocycles. The Morgan fingerprint density at radius 3 is 2.69 bits per heavy atom. The molecule has 4 nitrogen and oxygen atoms in total. The maximum absolute atomic E-state index is 8.97. The molecule has 0 aliphatic rings. The van der Waals surface area contributed by atoms with Crippen LogP contribution < -0.4 is 5.32 Å². The van der Waals surface area contributed by atoms with Gasteiger partial charge in [-0.25, -0.2) is 9.97 Å². The van der Waals surface area contributed by atoms with Gasteiger partial charge in [-0.15, -0.1) is 0 Å². The number of benzene rings is 1. The van der Waals surface area contributed by atoms with Gasteiger partial charge in [0.2, 0.25) is 0 Å². The molecular weight excluding hydrogens is 224 g/mol. The van der Waals surface area contributed by atoms with Gasteiger partial charge in [-0.05, 0) is 12.1 Å². The summed E-state index contributed by atoms with van der Waals surface area (Å²) in [5.41, 5.74) is 1.76. The third-order valence-electron chi connectivity index (χ3n) is 1.96. The molecule has 1 N–H and O–H groups in total. The van der Waals surface area contributed by atoms with Crippen molar-refractivity contribution in [2.24, 2.45) is 0 Å². The highest BCUT2D eigenvalue weighted by Gasteiger charge is 2.06. The Bertz CT molecular complexity index is 533. The molecule has 0 aliphatic carbocycles. The fraction of sp³-hybridized carbons (Fsp3) is 0. The number of nitrogens with one attached hydrogen (secondary N) is 1. The number of nitriles is 1. The Kier molecular flexibility index (Phi) is 2.99. The smallest absolute Gasteiger partial charge is 0.115 e. The first-order chi connectivity index (χ1) is 7.81. The molecule has 0 atom stereocenters. The van der Waals surface area contributed by atoms with Crippen molar-refractivity contribution in [1.82, 2.24) is 9.97 Å². The number of nitrogens with zero attached hydrogens (tertiary/aromatic N) is 3. The fourth-order valence-corrected chi connectivity index (χ4v) is 1.48. The van der Waals surface area contributed by atoms with Crippen LogP contribution in [0, 0.1) is 11.3 Å².